The molecule has 0 aliphatic carbocycles. The maximum absolute atomic E-state index is 12.7. The first-order valence-corrected chi connectivity index (χ1v) is 8.95. The fraction of sp³-hybridized carbons (Fsp3) is 0.190. The normalized spacial score (nSPS) is 10.7. The molecular weight excluding hydrogens is 376 g/mol. The Bertz CT molecular complexity index is 1150. The van der Waals surface area contributed by atoms with Gasteiger partial charge in [0.15, 0.2) is 0 Å². The number of nitro benzene ring substituents is 1. The number of nitro groups is 1. The number of carbonyl (C=O) groups is 2. The zero-order chi connectivity index (χ0) is 21.0. The largest absolute Gasteiger partial charge is 0.460 e. The summed E-state index contributed by atoms with van der Waals surface area (Å²) in [7, 11) is 0. The van der Waals surface area contributed by atoms with Crippen LogP contribution in [0.2, 0.25) is 0 Å². The van der Waals surface area contributed by atoms with Crippen LogP contribution in [0.25, 0.3) is 10.9 Å². The summed E-state index contributed by atoms with van der Waals surface area (Å²) in [5.74, 6) is -1.64. The quantitative estimate of drug-likeness (QED) is 0.264. The molecule has 0 bridgehead atoms. The van der Waals surface area contributed by atoms with Crippen molar-refractivity contribution in [1.82, 2.24) is 4.57 Å². The number of hydrogen-bond acceptors (Lipinski definition) is 6. The van der Waals surface area contributed by atoms with E-state index >= 15 is 0 Å². The molecule has 0 radical (unpaired) electrons. The Morgan fingerprint density at radius 1 is 1.10 bits per heavy atom. The highest BCUT2D eigenvalue weighted by Gasteiger charge is 2.18. The SMILES string of the molecule is CCOC(=O)C(=O)Cc1cc(=O)n(Cc2ccc([N+](=O)[O-])cc2)c2ccccc12. The number of para-hydroxylation sites is 1. The van der Waals surface area contributed by atoms with Crippen LogP contribution in [0.4, 0.5) is 5.69 Å². The number of non-ortho nitro benzene ring substituents is 1. The average molecular weight is 394 g/mol. The number of aromatic nitrogens is 1. The third-order valence-corrected chi connectivity index (χ3v) is 4.45. The van der Waals surface area contributed by atoms with Crippen LogP contribution < -0.4 is 5.56 Å². The maximum Gasteiger partial charge on any atom is 0.374 e. The molecule has 3 aromatic rings. The van der Waals surface area contributed by atoms with Gasteiger partial charge in [-0.15, -0.1) is 0 Å². The molecule has 1 heterocycles. The third kappa shape index (κ3) is 4.37. The van der Waals surface area contributed by atoms with Gasteiger partial charge >= 0.3 is 5.97 Å². The predicted octanol–water partition coefficient (Wildman–Crippen LogP) is 2.63. The molecule has 0 N–H and O–H groups in total. The van der Waals surface area contributed by atoms with Crippen LogP contribution in [0.3, 0.4) is 0 Å². The lowest BCUT2D eigenvalue weighted by molar-refractivity contribution is -0.384. The number of esters is 1. The Kier molecular flexibility index (Phi) is 5.82. The molecule has 0 amide bonds. The van der Waals surface area contributed by atoms with Crippen molar-refractivity contribution in [2.75, 3.05) is 6.61 Å². The number of nitrogens with zero attached hydrogens (tertiary/aromatic N) is 2. The molecule has 8 heteroatoms. The number of carbonyl (C=O) groups excluding carboxylic acids is 2. The van der Waals surface area contributed by atoms with Crippen LogP contribution in [0.1, 0.15) is 18.1 Å². The maximum atomic E-state index is 12.7. The smallest absolute Gasteiger partial charge is 0.374 e. The lowest BCUT2D eigenvalue weighted by Gasteiger charge is -2.13. The lowest BCUT2D eigenvalue weighted by atomic mass is 10.0. The van der Waals surface area contributed by atoms with Crippen molar-refractivity contribution in [3.8, 4) is 0 Å². The third-order valence-electron chi connectivity index (χ3n) is 4.45. The van der Waals surface area contributed by atoms with Gasteiger partial charge in [0.25, 0.3) is 11.2 Å². The van der Waals surface area contributed by atoms with Crippen LogP contribution in [0, 0.1) is 10.1 Å². The number of rotatable bonds is 7. The van der Waals surface area contributed by atoms with Crippen molar-refractivity contribution in [2.24, 2.45) is 0 Å². The van der Waals surface area contributed by atoms with Crippen LogP contribution >= 0.6 is 0 Å². The minimum atomic E-state index is -0.924. The van der Waals surface area contributed by atoms with Crippen molar-refractivity contribution in [2.45, 2.75) is 19.9 Å². The Labute approximate surface area is 165 Å². The summed E-state index contributed by atoms with van der Waals surface area (Å²) in [5.41, 5.74) is 1.40. The molecule has 1 aromatic heterocycles. The van der Waals surface area contributed by atoms with Gasteiger partial charge in [-0.05, 0) is 24.1 Å². The van der Waals surface area contributed by atoms with Crippen LogP contribution in [-0.4, -0.2) is 27.8 Å². The van der Waals surface area contributed by atoms with E-state index in [9.17, 15) is 24.5 Å². The van der Waals surface area contributed by atoms with Crippen LogP contribution in [0.15, 0.2) is 59.4 Å². The van der Waals surface area contributed by atoms with Gasteiger partial charge in [-0.2, -0.15) is 0 Å². The summed E-state index contributed by atoms with van der Waals surface area (Å²) in [6.07, 6.45) is -0.229. The van der Waals surface area contributed by atoms with Gasteiger partial charge in [0, 0.05) is 30.0 Å². The molecule has 0 saturated carbocycles. The first-order valence-electron chi connectivity index (χ1n) is 8.95. The van der Waals surface area contributed by atoms with E-state index in [4.69, 9.17) is 4.74 Å². The summed E-state index contributed by atoms with van der Waals surface area (Å²) in [6.45, 7) is 1.92. The van der Waals surface area contributed by atoms with Gasteiger partial charge in [0.2, 0.25) is 5.78 Å². The summed E-state index contributed by atoms with van der Waals surface area (Å²) in [6, 6.07) is 14.4. The lowest BCUT2D eigenvalue weighted by Crippen LogP contribution is -2.24. The van der Waals surface area contributed by atoms with E-state index in [-0.39, 0.29) is 30.8 Å². The molecular formula is C21H18N2O6. The first-order chi connectivity index (χ1) is 13.9. The zero-order valence-electron chi connectivity index (χ0n) is 15.7. The fourth-order valence-corrected chi connectivity index (χ4v) is 3.08. The van der Waals surface area contributed by atoms with E-state index in [2.05, 4.69) is 0 Å². The summed E-state index contributed by atoms with van der Waals surface area (Å²) < 4.78 is 6.25. The van der Waals surface area contributed by atoms with Gasteiger partial charge in [0.05, 0.1) is 23.6 Å². The minimum absolute atomic E-state index is 0.0289. The fourth-order valence-electron chi connectivity index (χ4n) is 3.08. The molecule has 148 valence electrons. The number of pyridine rings is 1. The second-order valence-electron chi connectivity index (χ2n) is 6.36. The van der Waals surface area contributed by atoms with Gasteiger partial charge in [-0.3, -0.25) is 19.7 Å². The number of ether oxygens (including phenoxy) is 1. The Hall–Kier alpha value is -3.81. The van der Waals surface area contributed by atoms with Gasteiger partial charge in [-0.1, -0.05) is 30.3 Å². The molecule has 0 aliphatic heterocycles. The molecule has 0 atom stereocenters. The summed E-state index contributed by atoms with van der Waals surface area (Å²) in [4.78, 5) is 46.8. The standard InChI is InChI=1S/C21H18N2O6/c1-2-29-21(26)19(24)11-15-12-20(25)22(18-6-4-3-5-17(15)18)13-14-7-9-16(10-8-14)23(27)28/h3-10,12H,2,11,13H2,1H3. The van der Waals surface area contributed by atoms with E-state index in [1.54, 1.807) is 43.3 Å². The van der Waals surface area contributed by atoms with Crippen molar-refractivity contribution in [3.63, 3.8) is 0 Å². The summed E-state index contributed by atoms with van der Waals surface area (Å²) in [5, 5.41) is 11.5. The van der Waals surface area contributed by atoms with Gasteiger partial charge in [-0.25, -0.2) is 4.79 Å². The van der Waals surface area contributed by atoms with E-state index in [0.717, 1.165) is 5.56 Å². The van der Waals surface area contributed by atoms with E-state index in [1.165, 1.54) is 22.8 Å². The molecule has 3 rings (SSSR count). The van der Waals surface area contributed by atoms with Crippen LogP contribution in [0.5, 0.6) is 0 Å². The number of Topliss-reactive ketones (excluding diaryl/α,β-unsaturated/α-hetero) is 1. The van der Waals surface area contributed by atoms with Crippen LogP contribution in [-0.2, 0) is 27.3 Å². The van der Waals surface area contributed by atoms with Gasteiger partial charge < -0.3 is 9.30 Å². The molecule has 0 aliphatic rings. The second-order valence-corrected chi connectivity index (χ2v) is 6.36. The highest BCUT2D eigenvalue weighted by Crippen LogP contribution is 2.20. The predicted molar refractivity (Wildman–Crippen MR) is 106 cm³/mol. The summed E-state index contributed by atoms with van der Waals surface area (Å²) >= 11 is 0. The number of ketones is 1. The Balaban J connectivity index is 1.99. The monoisotopic (exact) mass is 394 g/mol. The Morgan fingerprint density at radius 2 is 1.79 bits per heavy atom. The Morgan fingerprint density at radius 3 is 2.45 bits per heavy atom. The van der Waals surface area contributed by atoms with Gasteiger partial charge in [0.1, 0.15) is 0 Å². The molecule has 29 heavy (non-hydrogen) atoms. The molecule has 2 aromatic carbocycles. The van der Waals surface area contributed by atoms with E-state index in [1.807, 2.05) is 0 Å². The first kappa shape index (κ1) is 19.9. The number of hydrogen-bond donors (Lipinski definition) is 0. The van der Waals surface area contributed by atoms with E-state index < -0.39 is 16.7 Å². The van der Waals surface area contributed by atoms with Crippen molar-refractivity contribution >= 4 is 28.3 Å². The van der Waals surface area contributed by atoms with E-state index in [0.29, 0.717) is 16.5 Å². The number of benzene rings is 2. The molecule has 0 fully saturated rings. The van der Waals surface area contributed by atoms with Crippen molar-refractivity contribution < 1.29 is 19.2 Å². The minimum Gasteiger partial charge on any atom is -0.460 e. The molecule has 0 unspecified atom stereocenters. The zero-order valence-corrected chi connectivity index (χ0v) is 15.7. The van der Waals surface area contributed by atoms with Crippen molar-refractivity contribution in [1.29, 1.82) is 0 Å². The second kappa shape index (κ2) is 8.47. The topological polar surface area (TPSA) is 109 Å². The average Bonchev–Trinajstić information content (AvgIpc) is 2.71. The number of fused-ring (bicyclic) bond motifs is 1. The molecule has 8 nitrogen and oxygen atoms in total. The highest BCUT2D eigenvalue weighted by atomic mass is 16.6. The highest BCUT2D eigenvalue weighted by molar-refractivity contribution is 6.34. The molecule has 0 saturated heterocycles. The van der Waals surface area contributed by atoms with Crippen molar-refractivity contribution in [3.05, 3.63) is 86.2 Å². The molecule has 0 spiro atoms.